The normalized spacial score (nSPS) is 12.2. The van der Waals surface area contributed by atoms with Gasteiger partial charge in [0.2, 0.25) is 15.0 Å². The van der Waals surface area contributed by atoms with E-state index in [1.807, 2.05) is 0 Å². The number of aryl methyl sites for hydroxylation is 1. The van der Waals surface area contributed by atoms with Crippen molar-refractivity contribution < 1.29 is 17.6 Å². The molecule has 2 rings (SSSR count). The summed E-state index contributed by atoms with van der Waals surface area (Å²) in [5, 5.41) is 10.4. The lowest BCUT2D eigenvalue weighted by atomic mass is 10.2. The smallest absolute Gasteiger partial charge is 0.268 e. The molecule has 1 amide bonds. The van der Waals surface area contributed by atoms with E-state index in [1.165, 1.54) is 19.9 Å². The lowest BCUT2D eigenvalue weighted by Crippen LogP contribution is -2.16. The molecule has 0 fully saturated rings. The zero-order valence-electron chi connectivity index (χ0n) is 13.1. The van der Waals surface area contributed by atoms with Crippen LogP contribution in [0.25, 0.3) is 6.08 Å². The Labute approximate surface area is 142 Å². The predicted octanol–water partition coefficient (Wildman–Crippen LogP) is 2.17. The number of aromatic nitrogens is 2. The molecule has 0 saturated heterocycles. The highest BCUT2D eigenvalue weighted by atomic mass is 32.2. The maximum atomic E-state index is 12.1. The SMILES string of the molecule is Cc1ccc(/C=C(/C#N)C(=O)Nc2nc(S(=O)(=O)C(C)C)ns2)o1. The van der Waals surface area contributed by atoms with Crippen molar-refractivity contribution in [2.24, 2.45) is 0 Å². The van der Waals surface area contributed by atoms with Gasteiger partial charge in [-0.1, -0.05) is 0 Å². The van der Waals surface area contributed by atoms with Gasteiger partial charge in [-0.25, -0.2) is 8.42 Å². The van der Waals surface area contributed by atoms with Gasteiger partial charge >= 0.3 is 0 Å². The van der Waals surface area contributed by atoms with E-state index < -0.39 is 21.0 Å². The van der Waals surface area contributed by atoms with Crippen LogP contribution in [0.2, 0.25) is 0 Å². The van der Waals surface area contributed by atoms with Crippen LogP contribution < -0.4 is 5.32 Å². The number of nitrogens with one attached hydrogen (secondary N) is 1. The van der Waals surface area contributed by atoms with Crippen molar-refractivity contribution in [3.8, 4) is 6.07 Å². The highest BCUT2D eigenvalue weighted by Gasteiger charge is 2.25. The quantitative estimate of drug-likeness (QED) is 0.634. The van der Waals surface area contributed by atoms with E-state index in [9.17, 15) is 13.2 Å². The molecule has 1 N–H and O–H groups in total. The van der Waals surface area contributed by atoms with Crippen molar-refractivity contribution in [3.63, 3.8) is 0 Å². The fourth-order valence-corrected chi connectivity index (χ4v) is 3.27. The molecule has 2 aromatic rings. The predicted molar refractivity (Wildman–Crippen MR) is 87.9 cm³/mol. The first-order chi connectivity index (χ1) is 11.2. The summed E-state index contributed by atoms with van der Waals surface area (Å²) in [6.07, 6.45) is 1.29. The lowest BCUT2D eigenvalue weighted by molar-refractivity contribution is -0.112. The number of carbonyl (C=O) groups excluding carboxylic acids is 1. The van der Waals surface area contributed by atoms with Crippen molar-refractivity contribution in [2.75, 3.05) is 5.32 Å². The average Bonchev–Trinajstić information content (AvgIpc) is 3.13. The molecule has 2 heterocycles. The van der Waals surface area contributed by atoms with E-state index in [0.29, 0.717) is 11.5 Å². The molecule has 0 unspecified atom stereocenters. The number of nitriles is 1. The minimum atomic E-state index is -3.62. The number of anilines is 1. The Morgan fingerprint density at radius 3 is 2.71 bits per heavy atom. The minimum Gasteiger partial charge on any atom is -0.462 e. The van der Waals surface area contributed by atoms with Crippen molar-refractivity contribution in [3.05, 3.63) is 29.2 Å². The maximum absolute atomic E-state index is 12.1. The number of carbonyl (C=O) groups is 1. The Morgan fingerprint density at radius 2 is 2.17 bits per heavy atom. The molecular weight excluding hydrogens is 352 g/mol. The van der Waals surface area contributed by atoms with Gasteiger partial charge < -0.3 is 4.42 Å². The third-order valence-electron chi connectivity index (χ3n) is 2.92. The van der Waals surface area contributed by atoms with E-state index in [-0.39, 0.29) is 15.9 Å². The van der Waals surface area contributed by atoms with Crippen LogP contribution in [-0.4, -0.2) is 28.9 Å². The number of amides is 1. The summed E-state index contributed by atoms with van der Waals surface area (Å²) in [7, 11) is -3.62. The van der Waals surface area contributed by atoms with Crippen molar-refractivity contribution in [2.45, 2.75) is 31.2 Å². The fourth-order valence-electron chi connectivity index (χ4n) is 1.57. The molecule has 8 nitrogen and oxygen atoms in total. The monoisotopic (exact) mass is 366 g/mol. The summed E-state index contributed by atoms with van der Waals surface area (Å²) in [6.45, 7) is 4.76. The van der Waals surface area contributed by atoms with Crippen LogP contribution in [0.4, 0.5) is 5.13 Å². The van der Waals surface area contributed by atoms with Gasteiger partial charge in [-0.15, -0.1) is 0 Å². The Bertz CT molecular complexity index is 932. The highest BCUT2D eigenvalue weighted by molar-refractivity contribution is 7.91. The Hall–Kier alpha value is -2.51. The second-order valence-corrected chi connectivity index (χ2v) is 8.20. The molecule has 0 aliphatic carbocycles. The molecule has 0 saturated carbocycles. The Balaban J connectivity index is 2.19. The van der Waals surface area contributed by atoms with Gasteiger partial charge in [0.05, 0.1) is 5.25 Å². The van der Waals surface area contributed by atoms with Crippen LogP contribution in [0.15, 0.2) is 27.3 Å². The summed E-state index contributed by atoms with van der Waals surface area (Å²) in [6, 6.07) is 5.09. The fraction of sp³-hybridized carbons (Fsp3) is 0.286. The van der Waals surface area contributed by atoms with Crippen molar-refractivity contribution in [1.82, 2.24) is 9.36 Å². The van der Waals surface area contributed by atoms with Crippen LogP contribution in [0.5, 0.6) is 0 Å². The third-order valence-corrected chi connectivity index (χ3v) is 5.59. The molecule has 0 spiro atoms. The van der Waals surface area contributed by atoms with Gasteiger partial charge in [-0.2, -0.15) is 14.6 Å². The van der Waals surface area contributed by atoms with Gasteiger partial charge in [0, 0.05) is 17.6 Å². The molecule has 0 bridgehead atoms. The molecule has 0 aliphatic rings. The molecule has 2 aromatic heterocycles. The van der Waals surface area contributed by atoms with E-state index in [1.54, 1.807) is 25.1 Å². The summed E-state index contributed by atoms with van der Waals surface area (Å²) in [5.74, 6) is 0.280. The standard InChI is InChI=1S/C14H14N4O4S2/c1-8(2)24(20,21)14-17-13(23-18-14)16-12(19)10(7-15)6-11-5-4-9(3)22-11/h4-6,8H,1-3H3,(H,16,17,18,19)/b10-6-. The van der Waals surface area contributed by atoms with E-state index in [2.05, 4.69) is 14.7 Å². The summed E-state index contributed by atoms with van der Waals surface area (Å²) >= 11 is 0.728. The zero-order chi connectivity index (χ0) is 17.9. The van der Waals surface area contributed by atoms with Gasteiger partial charge in [-0.05, 0) is 32.9 Å². The second-order valence-electron chi connectivity index (χ2n) is 5.05. The zero-order valence-corrected chi connectivity index (χ0v) is 14.7. The molecule has 0 atom stereocenters. The van der Waals surface area contributed by atoms with Crippen LogP contribution >= 0.6 is 11.5 Å². The number of furan rings is 1. The molecule has 0 aromatic carbocycles. The van der Waals surface area contributed by atoms with Crippen LogP contribution in [0.1, 0.15) is 25.4 Å². The Morgan fingerprint density at radius 1 is 1.46 bits per heavy atom. The minimum absolute atomic E-state index is 0.00370. The van der Waals surface area contributed by atoms with Gasteiger partial charge in [-0.3, -0.25) is 10.1 Å². The van der Waals surface area contributed by atoms with Crippen LogP contribution in [0.3, 0.4) is 0 Å². The number of hydrogen-bond donors (Lipinski definition) is 1. The molecule has 0 radical (unpaired) electrons. The number of hydrogen-bond acceptors (Lipinski definition) is 8. The second kappa shape index (κ2) is 6.94. The van der Waals surface area contributed by atoms with Gasteiger partial charge in [0.1, 0.15) is 23.2 Å². The first-order valence-corrected chi connectivity index (χ1v) is 9.13. The van der Waals surface area contributed by atoms with Crippen LogP contribution in [0, 0.1) is 18.3 Å². The van der Waals surface area contributed by atoms with Crippen molar-refractivity contribution >= 4 is 38.5 Å². The summed E-state index contributed by atoms with van der Waals surface area (Å²) < 4.78 is 32.9. The topological polar surface area (TPSA) is 126 Å². The first kappa shape index (κ1) is 17.8. The lowest BCUT2D eigenvalue weighted by Gasteiger charge is -2.01. The molecular formula is C14H14N4O4S2. The summed E-state index contributed by atoms with van der Waals surface area (Å²) in [5.41, 5.74) is -0.201. The summed E-state index contributed by atoms with van der Waals surface area (Å²) in [4.78, 5) is 15.9. The molecule has 0 aliphatic heterocycles. The Kier molecular flexibility index (Phi) is 5.16. The molecule has 126 valence electrons. The molecule has 10 heteroatoms. The van der Waals surface area contributed by atoms with E-state index in [0.717, 1.165) is 11.5 Å². The first-order valence-electron chi connectivity index (χ1n) is 6.81. The van der Waals surface area contributed by atoms with Crippen molar-refractivity contribution in [1.29, 1.82) is 5.26 Å². The third kappa shape index (κ3) is 3.87. The van der Waals surface area contributed by atoms with E-state index in [4.69, 9.17) is 9.68 Å². The number of nitrogens with zero attached hydrogens (tertiary/aromatic N) is 3. The van der Waals surface area contributed by atoms with Gasteiger partial charge in [0.15, 0.2) is 0 Å². The number of sulfone groups is 1. The maximum Gasteiger partial charge on any atom is 0.268 e. The largest absolute Gasteiger partial charge is 0.462 e. The molecule has 24 heavy (non-hydrogen) atoms. The average molecular weight is 366 g/mol. The van der Waals surface area contributed by atoms with Crippen LogP contribution in [-0.2, 0) is 14.6 Å². The highest BCUT2D eigenvalue weighted by Crippen LogP contribution is 2.19. The van der Waals surface area contributed by atoms with Gasteiger partial charge in [0.25, 0.3) is 11.1 Å². The van der Waals surface area contributed by atoms with E-state index >= 15 is 0 Å². The number of rotatable bonds is 5.